The molecule has 1 fully saturated rings. The van der Waals surface area contributed by atoms with Gasteiger partial charge >= 0.3 is 0 Å². The van der Waals surface area contributed by atoms with E-state index in [9.17, 15) is 14.4 Å². The van der Waals surface area contributed by atoms with Crippen LogP contribution in [0.5, 0.6) is 23.0 Å². The molecule has 1 atom stereocenters. The summed E-state index contributed by atoms with van der Waals surface area (Å²) in [5.41, 5.74) is 2.24. The van der Waals surface area contributed by atoms with Gasteiger partial charge in [0.2, 0.25) is 5.75 Å². The molecule has 0 aliphatic carbocycles. The van der Waals surface area contributed by atoms with Crippen molar-refractivity contribution in [1.82, 2.24) is 4.90 Å². The van der Waals surface area contributed by atoms with Crippen molar-refractivity contribution in [2.45, 2.75) is 6.42 Å². The van der Waals surface area contributed by atoms with E-state index in [0.29, 0.717) is 52.9 Å². The second kappa shape index (κ2) is 12.0. The number of amides is 3. The van der Waals surface area contributed by atoms with Crippen LogP contribution in [0, 0.1) is 5.92 Å². The van der Waals surface area contributed by atoms with E-state index in [-0.39, 0.29) is 30.9 Å². The van der Waals surface area contributed by atoms with Crippen LogP contribution in [0.15, 0.2) is 71.8 Å². The first kappa shape index (κ1) is 27.5. The Kier molecular flexibility index (Phi) is 8.04. The standard InChI is InChI=1S/C30H30N4O7/c1-38-25-15-19(16-26(39-2)28(25)40-3)29(36)33-14-13-24-23(17-33)30(37)34(32-24)21-11-9-20(10-12-21)31-27(35)18-41-22-7-5-4-6-8-22/h4-12,15-16,23H,13-14,17-18H2,1-3H3,(H,31,35). The van der Waals surface area contributed by atoms with Gasteiger partial charge in [0.1, 0.15) is 5.75 Å². The molecule has 0 bridgehead atoms. The zero-order chi connectivity index (χ0) is 28.9. The van der Waals surface area contributed by atoms with Crippen LogP contribution in [0.4, 0.5) is 11.4 Å². The summed E-state index contributed by atoms with van der Waals surface area (Å²) in [4.78, 5) is 40.7. The van der Waals surface area contributed by atoms with Gasteiger partial charge in [-0.2, -0.15) is 5.10 Å². The normalized spacial score (nSPS) is 16.0. The van der Waals surface area contributed by atoms with Crippen molar-refractivity contribution in [2.75, 3.05) is 51.4 Å². The second-order valence-electron chi connectivity index (χ2n) is 9.41. The van der Waals surface area contributed by atoms with Crippen LogP contribution < -0.4 is 29.3 Å². The molecule has 0 radical (unpaired) electrons. The summed E-state index contributed by atoms with van der Waals surface area (Å²) >= 11 is 0. The van der Waals surface area contributed by atoms with Crippen LogP contribution in [0.1, 0.15) is 16.8 Å². The number of nitrogens with one attached hydrogen (secondary N) is 1. The third-order valence-electron chi connectivity index (χ3n) is 6.89. The zero-order valence-electron chi connectivity index (χ0n) is 23.0. The highest BCUT2D eigenvalue weighted by molar-refractivity contribution is 6.16. The van der Waals surface area contributed by atoms with E-state index in [1.54, 1.807) is 53.4 Å². The Hall–Kier alpha value is -5.06. The van der Waals surface area contributed by atoms with Crippen molar-refractivity contribution in [1.29, 1.82) is 0 Å². The molecule has 3 aromatic carbocycles. The maximum absolute atomic E-state index is 13.4. The van der Waals surface area contributed by atoms with E-state index >= 15 is 0 Å². The molecule has 11 heteroatoms. The average molecular weight is 559 g/mol. The Morgan fingerprint density at radius 3 is 2.27 bits per heavy atom. The second-order valence-corrected chi connectivity index (χ2v) is 9.41. The number of nitrogens with zero attached hydrogens (tertiary/aromatic N) is 3. The van der Waals surface area contributed by atoms with Crippen molar-refractivity contribution in [3.8, 4) is 23.0 Å². The first-order valence-corrected chi connectivity index (χ1v) is 13.0. The Morgan fingerprint density at radius 1 is 0.951 bits per heavy atom. The van der Waals surface area contributed by atoms with Gasteiger partial charge in [-0.25, -0.2) is 5.01 Å². The number of benzene rings is 3. The first-order chi connectivity index (χ1) is 19.9. The fraction of sp³-hybridized carbons (Fsp3) is 0.267. The van der Waals surface area contributed by atoms with Gasteiger partial charge < -0.3 is 29.2 Å². The van der Waals surface area contributed by atoms with Gasteiger partial charge in [0.05, 0.1) is 38.6 Å². The van der Waals surface area contributed by atoms with Gasteiger partial charge in [0.15, 0.2) is 18.1 Å². The third-order valence-corrected chi connectivity index (χ3v) is 6.89. The predicted octanol–water partition coefficient (Wildman–Crippen LogP) is 3.59. The van der Waals surface area contributed by atoms with E-state index < -0.39 is 5.92 Å². The highest BCUT2D eigenvalue weighted by atomic mass is 16.5. The number of carbonyl (C=O) groups excluding carboxylic acids is 3. The lowest BCUT2D eigenvalue weighted by atomic mass is 9.95. The Morgan fingerprint density at radius 2 is 1.63 bits per heavy atom. The molecule has 41 heavy (non-hydrogen) atoms. The number of rotatable bonds is 9. The molecule has 2 heterocycles. The number of hydrogen-bond acceptors (Lipinski definition) is 8. The van der Waals surface area contributed by atoms with E-state index in [4.69, 9.17) is 18.9 Å². The van der Waals surface area contributed by atoms with Crippen LogP contribution in [0.25, 0.3) is 0 Å². The molecule has 1 saturated heterocycles. The minimum Gasteiger partial charge on any atom is -0.493 e. The SMILES string of the molecule is COc1cc(C(=O)N2CCC3=NN(c4ccc(NC(=O)COc5ccccc5)cc4)C(=O)C3C2)cc(OC)c1OC. The summed E-state index contributed by atoms with van der Waals surface area (Å²) in [5, 5.41) is 8.69. The van der Waals surface area contributed by atoms with Crippen LogP contribution >= 0.6 is 0 Å². The lowest BCUT2D eigenvalue weighted by Crippen LogP contribution is -2.46. The zero-order valence-corrected chi connectivity index (χ0v) is 23.0. The quantitative estimate of drug-likeness (QED) is 0.426. The van der Waals surface area contributed by atoms with E-state index in [1.165, 1.54) is 26.3 Å². The number of anilines is 2. The van der Waals surface area contributed by atoms with E-state index in [2.05, 4.69) is 10.4 Å². The summed E-state index contributed by atoms with van der Waals surface area (Å²) in [6.45, 7) is 0.498. The molecule has 0 aromatic heterocycles. The number of likely N-dealkylation sites (tertiary alicyclic amines) is 1. The van der Waals surface area contributed by atoms with Crippen LogP contribution in [-0.4, -0.2) is 69.4 Å². The molecule has 0 saturated carbocycles. The lowest BCUT2D eigenvalue weighted by molar-refractivity contribution is -0.120. The molecule has 212 valence electrons. The number of carbonyl (C=O) groups is 3. The number of ether oxygens (including phenoxy) is 4. The van der Waals surface area contributed by atoms with Crippen LogP contribution in [0.3, 0.4) is 0 Å². The molecule has 3 aromatic rings. The maximum atomic E-state index is 13.4. The summed E-state index contributed by atoms with van der Waals surface area (Å²) in [6.07, 6.45) is 0.471. The Labute approximate surface area is 237 Å². The minimum atomic E-state index is -0.538. The van der Waals surface area contributed by atoms with Gasteiger partial charge in [0, 0.05) is 30.8 Å². The van der Waals surface area contributed by atoms with Crippen molar-refractivity contribution < 1.29 is 33.3 Å². The fourth-order valence-electron chi connectivity index (χ4n) is 4.81. The van der Waals surface area contributed by atoms with E-state index in [0.717, 1.165) is 5.71 Å². The van der Waals surface area contributed by atoms with Crippen molar-refractivity contribution in [3.05, 3.63) is 72.3 Å². The third kappa shape index (κ3) is 5.79. The van der Waals surface area contributed by atoms with Gasteiger partial charge in [-0.15, -0.1) is 0 Å². The number of methoxy groups -OCH3 is 3. The average Bonchev–Trinajstić information content (AvgIpc) is 3.35. The first-order valence-electron chi connectivity index (χ1n) is 13.0. The number of hydrogen-bond donors (Lipinski definition) is 1. The smallest absolute Gasteiger partial charge is 0.262 e. The monoisotopic (exact) mass is 558 g/mol. The topological polar surface area (TPSA) is 119 Å². The summed E-state index contributed by atoms with van der Waals surface area (Å²) in [7, 11) is 4.47. The molecular weight excluding hydrogens is 528 g/mol. The number of hydrazone groups is 1. The van der Waals surface area contributed by atoms with Crippen molar-refractivity contribution in [2.24, 2.45) is 11.0 Å². The summed E-state index contributed by atoms with van der Waals surface area (Å²) in [6, 6.07) is 19.1. The molecule has 2 aliphatic heterocycles. The highest BCUT2D eigenvalue weighted by Gasteiger charge is 2.41. The largest absolute Gasteiger partial charge is 0.493 e. The van der Waals surface area contributed by atoms with Gasteiger partial charge in [-0.1, -0.05) is 18.2 Å². The Balaban J connectivity index is 1.22. The Bertz CT molecular complexity index is 1450. The molecular formula is C30H30N4O7. The van der Waals surface area contributed by atoms with Gasteiger partial charge in [0.25, 0.3) is 17.7 Å². The predicted molar refractivity (Wildman–Crippen MR) is 152 cm³/mol. The molecule has 11 nitrogen and oxygen atoms in total. The minimum absolute atomic E-state index is 0.128. The van der Waals surface area contributed by atoms with Gasteiger partial charge in [-0.05, 0) is 48.5 Å². The summed E-state index contributed by atoms with van der Waals surface area (Å²) in [5.74, 6) is 0.455. The van der Waals surface area contributed by atoms with E-state index in [1.807, 2.05) is 18.2 Å². The number of piperidine rings is 1. The molecule has 1 unspecified atom stereocenters. The van der Waals surface area contributed by atoms with Gasteiger partial charge in [-0.3, -0.25) is 14.4 Å². The van der Waals surface area contributed by atoms with Crippen LogP contribution in [0.2, 0.25) is 0 Å². The lowest BCUT2D eigenvalue weighted by Gasteiger charge is -2.30. The summed E-state index contributed by atoms with van der Waals surface area (Å²) < 4.78 is 21.6. The molecule has 5 rings (SSSR count). The maximum Gasteiger partial charge on any atom is 0.262 e. The van der Waals surface area contributed by atoms with Crippen LogP contribution in [-0.2, 0) is 9.59 Å². The fourth-order valence-corrected chi connectivity index (χ4v) is 4.81. The molecule has 1 N–H and O–H groups in total. The van der Waals surface area contributed by atoms with Crippen molar-refractivity contribution >= 4 is 34.8 Å². The molecule has 2 aliphatic rings. The molecule has 0 spiro atoms. The number of fused-ring (bicyclic) bond motifs is 1. The molecule has 3 amide bonds. The highest BCUT2D eigenvalue weighted by Crippen LogP contribution is 2.39. The number of para-hydroxylation sites is 1. The van der Waals surface area contributed by atoms with Crippen molar-refractivity contribution in [3.63, 3.8) is 0 Å².